The van der Waals surface area contributed by atoms with Gasteiger partial charge in [0.2, 0.25) is 0 Å². The minimum atomic E-state index is -0.398. The molecule has 0 aliphatic carbocycles. The highest BCUT2D eigenvalue weighted by molar-refractivity contribution is 6.32. The first-order valence-electron chi connectivity index (χ1n) is 5.92. The molecule has 2 rings (SSSR count). The van der Waals surface area contributed by atoms with E-state index in [4.69, 9.17) is 20.9 Å². The number of nitrogens with one attached hydrogen (secondary N) is 1. The summed E-state index contributed by atoms with van der Waals surface area (Å²) in [5.41, 5.74) is 0.811. The summed E-state index contributed by atoms with van der Waals surface area (Å²) in [6.07, 6.45) is 0. The molecule has 0 amide bonds. The molecule has 0 saturated heterocycles. The van der Waals surface area contributed by atoms with Crippen LogP contribution in [0.2, 0.25) is 5.02 Å². The van der Waals surface area contributed by atoms with Crippen molar-refractivity contribution in [2.45, 2.75) is 20.1 Å². The highest BCUT2D eigenvalue weighted by Crippen LogP contribution is 2.25. The fourth-order valence-electron chi connectivity index (χ4n) is 1.50. The van der Waals surface area contributed by atoms with Crippen LogP contribution in [-0.2, 0) is 13.2 Å². The van der Waals surface area contributed by atoms with Crippen molar-refractivity contribution in [2.24, 2.45) is 0 Å². The third kappa shape index (κ3) is 3.94. The van der Waals surface area contributed by atoms with Crippen LogP contribution >= 0.6 is 11.6 Å². The van der Waals surface area contributed by atoms with Crippen LogP contribution in [0.15, 0.2) is 28.8 Å². The van der Waals surface area contributed by atoms with Gasteiger partial charge in [-0.1, -0.05) is 23.7 Å². The summed E-state index contributed by atoms with van der Waals surface area (Å²) < 4.78 is 23.4. The van der Waals surface area contributed by atoms with Gasteiger partial charge in [-0.25, -0.2) is 4.39 Å². The summed E-state index contributed by atoms with van der Waals surface area (Å²) in [5.74, 6) is 0.603. The van der Waals surface area contributed by atoms with Gasteiger partial charge in [0.05, 0.1) is 10.7 Å². The molecule has 1 aromatic heterocycles. The molecule has 1 N–H and O–H groups in total. The number of hydrogen-bond donors (Lipinski definition) is 1. The van der Waals surface area contributed by atoms with Crippen LogP contribution in [0.1, 0.15) is 18.4 Å². The van der Waals surface area contributed by atoms with Gasteiger partial charge in [-0.2, -0.15) is 0 Å². The van der Waals surface area contributed by atoms with E-state index in [0.717, 1.165) is 12.2 Å². The van der Waals surface area contributed by atoms with Gasteiger partial charge < -0.3 is 14.6 Å². The Labute approximate surface area is 115 Å². The minimum Gasteiger partial charge on any atom is -0.484 e. The summed E-state index contributed by atoms with van der Waals surface area (Å²) in [6, 6.07) is 5.78. The molecule has 6 heteroatoms. The van der Waals surface area contributed by atoms with Crippen molar-refractivity contribution in [1.82, 2.24) is 10.5 Å². The Bertz CT molecular complexity index is 545. The average Bonchev–Trinajstić information content (AvgIpc) is 2.83. The Morgan fingerprint density at radius 1 is 1.42 bits per heavy atom. The van der Waals surface area contributed by atoms with Crippen LogP contribution < -0.4 is 10.1 Å². The zero-order valence-electron chi connectivity index (χ0n) is 10.5. The molecule has 0 bridgehead atoms. The van der Waals surface area contributed by atoms with Crippen molar-refractivity contribution in [3.05, 3.63) is 46.6 Å². The second kappa shape index (κ2) is 6.54. The smallest absolute Gasteiger partial charge is 0.174 e. The second-order valence-corrected chi connectivity index (χ2v) is 4.34. The number of halogens is 2. The summed E-state index contributed by atoms with van der Waals surface area (Å²) in [4.78, 5) is 0. The molecule has 0 unspecified atom stereocenters. The monoisotopic (exact) mass is 284 g/mol. The average molecular weight is 285 g/mol. The maximum atomic E-state index is 12.9. The summed E-state index contributed by atoms with van der Waals surface area (Å²) in [7, 11) is 0. The van der Waals surface area contributed by atoms with E-state index in [9.17, 15) is 4.39 Å². The topological polar surface area (TPSA) is 47.3 Å². The Balaban J connectivity index is 1.92. The number of aromatic nitrogens is 1. The Kier molecular flexibility index (Phi) is 4.76. The summed E-state index contributed by atoms with van der Waals surface area (Å²) in [6.45, 7) is 3.73. The SMILES string of the molecule is CCNCc1cc(COc2ccc(F)cc2Cl)on1. The third-order valence-corrected chi connectivity index (χ3v) is 2.72. The maximum absolute atomic E-state index is 12.9. The van der Waals surface area contributed by atoms with Crippen molar-refractivity contribution < 1.29 is 13.7 Å². The Morgan fingerprint density at radius 2 is 2.26 bits per heavy atom. The highest BCUT2D eigenvalue weighted by Gasteiger charge is 2.07. The first kappa shape index (κ1) is 13.8. The van der Waals surface area contributed by atoms with Gasteiger partial charge in [0.1, 0.15) is 18.2 Å². The lowest BCUT2D eigenvalue weighted by atomic mass is 10.3. The van der Waals surface area contributed by atoms with E-state index >= 15 is 0 Å². The van der Waals surface area contributed by atoms with Crippen LogP contribution in [-0.4, -0.2) is 11.7 Å². The van der Waals surface area contributed by atoms with E-state index in [1.54, 1.807) is 6.07 Å². The largest absolute Gasteiger partial charge is 0.484 e. The molecular weight excluding hydrogens is 271 g/mol. The molecule has 0 atom stereocenters. The molecular formula is C13H14ClFN2O2. The van der Waals surface area contributed by atoms with Gasteiger partial charge in [0, 0.05) is 12.6 Å². The molecule has 1 heterocycles. The van der Waals surface area contributed by atoms with Gasteiger partial charge in [0.25, 0.3) is 0 Å². The Hall–Kier alpha value is -1.59. The minimum absolute atomic E-state index is 0.199. The molecule has 19 heavy (non-hydrogen) atoms. The quantitative estimate of drug-likeness (QED) is 0.885. The number of rotatable bonds is 6. The normalized spacial score (nSPS) is 10.7. The molecule has 1 aromatic carbocycles. The lowest BCUT2D eigenvalue weighted by Crippen LogP contribution is -2.11. The summed E-state index contributed by atoms with van der Waals surface area (Å²) in [5, 5.41) is 7.26. The number of hydrogen-bond acceptors (Lipinski definition) is 4. The van der Waals surface area contributed by atoms with Crippen LogP contribution in [0.4, 0.5) is 4.39 Å². The van der Waals surface area contributed by atoms with E-state index in [-0.39, 0.29) is 11.6 Å². The van der Waals surface area contributed by atoms with Crippen LogP contribution in [0.25, 0.3) is 0 Å². The fraction of sp³-hybridized carbons (Fsp3) is 0.308. The number of benzene rings is 1. The second-order valence-electron chi connectivity index (χ2n) is 3.93. The molecule has 0 saturated carbocycles. The molecule has 4 nitrogen and oxygen atoms in total. The lowest BCUT2D eigenvalue weighted by molar-refractivity contribution is 0.248. The van der Waals surface area contributed by atoms with Crippen LogP contribution in [0, 0.1) is 5.82 Å². The molecule has 0 fully saturated rings. The summed E-state index contributed by atoms with van der Waals surface area (Å²) >= 11 is 5.85. The van der Waals surface area contributed by atoms with Gasteiger partial charge in [0.15, 0.2) is 5.76 Å². The van der Waals surface area contributed by atoms with E-state index < -0.39 is 5.82 Å². The lowest BCUT2D eigenvalue weighted by Gasteiger charge is -2.05. The molecule has 0 spiro atoms. The fourth-order valence-corrected chi connectivity index (χ4v) is 1.72. The molecule has 0 aliphatic rings. The van der Waals surface area contributed by atoms with Crippen LogP contribution in [0.3, 0.4) is 0 Å². The van der Waals surface area contributed by atoms with E-state index in [0.29, 0.717) is 18.1 Å². The van der Waals surface area contributed by atoms with Gasteiger partial charge >= 0.3 is 0 Å². The van der Waals surface area contributed by atoms with Gasteiger partial charge in [-0.15, -0.1) is 0 Å². The standard InChI is InChI=1S/C13H14ClFN2O2/c1-2-16-7-10-6-11(19-17-10)8-18-13-4-3-9(15)5-12(13)14/h3-6,16H,2,7-8H2,1H3. The predicted octanol–water partition coefficient (Wildman–Crippen LogP) is 3.16. The van der Waals surface area contributed by atoms with Crippen molar-refractivity contribution in [3.8, 4) is 5.75 Å². The van der Waals surface area contributed by atoms with Crippen molar-refractivity contribution in [1.29, 1.82) is 0 Å². The van der Waals surface area contributed by atoms with Gasteiger partial charge in [-0.3, -0.25) is 0 Å². The molecule has 102 valence electrons. The zero-order chi connectivity index (χ0) is 13.7. The number of ether oxygens (including phenoxy) is 1. The number of nitrogens with zero attached hydrogens (tertiary/aromatic N) is 1. The highest BCUT2D eigenvalue weighted by atomic mass is 35.5. The van der Waals surface area contributed by atoms with Gasteiger partial charge in [-0.05, 0) is 24.7 Å². The zero-order valence-corrected chi connectivity index (χ0v) is 11.2. The maximum Gasteiger partial charge on any atom is 0.174 e. The van der Waals surface area contributed by atoms with Crippen molar-refractivity contribution in [2.75, 3.05) is 6.54 Å². The molecule has 0 aliphatic heterocycles. The van der Waals surface area contributed by atoms with E-state index in [2.05, 4.69) is 10.5 Å². The third-order valence-electron chi connectivity index (χ3n) is 2.43. The van der Waals surface area contributed by atoms with E-state index in [1.807, 2.05) is 6.92 Å². The Morgan fingerprint density at radius 3 is 3.00 bits per heavy atom. The van der Waals surface area contributed by atoms with Crippen molar-refractivity contribution in [3.63, 3.8) is 0 Å². The van der Waals surface area contributed by atoms with Crippen molar-refractivity contribution >= 4 is 11.6 Å². The molecule has 2 aromatic rings. The first-order chi connectivity index (χ1) is 9.19. The van der Waals surface area contributed by atoms with E-state index in [1.165, 1.54) is 18.2 Å². The predicted molar refractivity (Wildman–Crippen MR) is 69.6 cm³/mol. The van der Waals surface area contributed by atoms with Crippen LogP contribution in [0.5, 0.6) is 5.75 Å². The first-order valence-corrected chi connectivity index (χ1v) is 6.30. The molecule has 0 radical (unpaired) electrons.